The smallest absolute Gasteiger partial charge is 0.261 e. The van der Waals surface area contributed by atoms with Gasteiger partial charge in [-0.15, -0.1) is 0 Å². The van der Waals surface area contributed by atoms with E-state index in [9.17, 15) is 9.59 Å². The lowest BCUT2D eigenvalue weighted by Gasteiger charge is -2.31. The number of nitrogens with zero attached hydrogens (tertiary/aromatic N) is 3. The van der Waals surface area contributed by atoms with Gasteiger partial charge in [-0.25, -0.2) is 0 Å². The molecule has 3 rings (SSSR count). The Morgan fingerprint density at radius 2 is 1.58 bits per heavy atom. The van der Waals surface area contributed by atoms with E-state index in [-0.39, 0.29) is 31.0 Å². The molecule has 0 fully saturated rings. The molecule has 0 aliphatic heterocycles. The van der Waals surface area contributed by atoms with Crippen LogP contribution in [0.15, 0.2) is 79.0 Å². The summed E-state index contributed by atoms with van der Waals surface area (Å²) in [6.45, 7) is 4.85. The first kappa shape index (κ1) is 24.1. The summed E-state index contributed by atoms with van der Waals surface area (Å²) in [5.74, 6) is 0.351. The molecule has 0 saturated heterocycles. The number of benzene rings is 2. The summed E-state index contributed by atoms with van der Waals surface area (Å²) in [5, 5.41) is 0. The van der Waals surface area contributed by atoms with Crippen molar-refractivity contribution in [1.29, 1.82) is 0 Å². The number of hydrogen-bond donors (Lipinski definition) is 0. The normalized spacial score (nSPS) is 11.6. The molecule has 0 bridgehead atoms. The Bertz CT molecular complexity index is 1020. The minimum absolute atomic E-state index is 0.0171. The second-order valence-corrected chi connectivity index (χ2v) is 8.23. The van der Waals surface area contributed by atoms with Crippen LogP contribution in [0.3, 0.4) is 0 Å². The van der Waals surface area contributed by atoms with Gasteiger partial charge in [0.2, 0.25) is 5.91 Å². The van der Waals surface area contributed by atoms with Gasteiger partial charge in [0.15, 0.2) is 6.61 Å². The van der Waals surface area contributed by atoms with E-state index < -0.39 is 0 Å². The van der Waals surface area contributed by atoms with E-state index >= 15 is 0 Å². The summed E-state index contributed by atoms with van der Waals surface area (Å²) in [4.78, 5) is 30.0. The Balaban J connectivity index is 1.73. The first-order valence-electron chi connectivity index (χ1n) is 11.4. The van der Waals surface area contributed by atoms with Crippen molar-refractivity contribution in [2.75, 3.05) is 13.2 Å². The van der Waals surface area contributed by atoms with Crippen LogP contribution in [0.5, 0.6) is 5.75 Å². The van der Waals surface area contributed by atoms with Crippen molar-refractivity contribution in [3.05, 3.63) is 90.3 Å². The van der Waals surface area contributed by atoms with Crippen LogP contribution in [0, 0.1) is 0 Å². The van der Waals surface area contributed by atoms with Gasteiger partial charge in [0.25, 0.3) is 5.91 Å². The molecule has 1 unspecified atom stereocenters. The van der Waals surface area contributed by atoms with E-state index in [0.717, 1.165) is 17.7 Å². The molecule has 2 amide bonds. The number of aryl methyl sites for hydroxylation is 1. The summed E-state index contributed by atoms with van der Waals surface area (Å²) in [6, 6.07) is 23.1. The van der Waals surface area contributed by atoms with Gasteiger partial charge in [-0.05, 0) is 43.2 Å². The molecule has 0 radical (unpaired) electrons. The Morgan fingerprint density at radius 1 is 0.909 bits per heavy atom. The number of carbonyl (C=O) groups is 2. The molecule has 6 heteroatoms. The SMILES string of the molecule is CCC(C)N(CC(=O)N(Cc1ccccc1)Cc1cccn1C)C(=O)COc1ccccc1. The molecular weight excluding hydrogens is 414 g/mol. The van der Waals surface area contributed by atoms with Crippen LogP contribution < -0.4 is 4.74 Å². The van der Waals surface area contributed by atoms with Crippen LogP contribution in [0.2, 0.25) is 0 Å². The van der Waals surface area contributed by atoms with Gasteiger partial charge in [0.05, 0.1) is 6.54 Å². The largest absolute Gasteiger partial charge is 0.484 e. The number of ether oxygens (including phenoxy) is 1. The highest BCUT2D eigenvalue weighted by atomic mass is 16.5. The molecule has 1 atom stereocenters. The van der Waals surface area contributed by atoms with Crippen molar-refractivity contribution in [2.45, 2.75) is 39.4 Å². The van der Waals surface area contributed by atoms with Gasteiger partial charge in [-0.3, -0.25) is 9.59 Å². The van der Waals surface area contributed by atoms with E-state index in [1.165, 1.54) is 0 Å². The van der Waals surface area contributed by atoms with Crippen molar-refractivity contribution < 1.29 is 14.3 Å². The molecule has 0 aliphatic carbocycles. The summed E-state index contributed by atoms with van der Waals surface area (Å²) in [5.41, 5.74) is 2.09. The third-order valence-corrected chi connectivity index (χ3v) is 5.83. The molecule has 3 aromatic rings. The number of amides is 2. The van der Waals surface area contributed by atoms with E-state index in [0.29, 0.717) is 18.8 Å². The van der Waals surface area contributed by atoms with Gasteiger partial charge in [-0.2, -0.15) is 0 Å². The maximum Gasteiger partial charge on any atom is 0.261 e. The van der Waals surface area contributed by atoms with Crippen LogP contribution in [0.4, 0.5) is 0 Å². The third-order valence-electron chi connectivity index (χ3n) is 5.83. The van der Waals surface area contributed by atoms with Gasteiger partial charge < -0.3 is 19.1 Å². The van der Waals surface area contributed by atoms with E-state index in [1.807, 2.05) is 109 Å². The third kappa shape index (κ3) is 6.97. The van der Waals surface area contributed by atoms with E-state index in [4.69, 9.17) is 4.74 Å². The average molecular weight is 448 g/mol. The van der Waals surface area contributed by atoms with Crippen LogP contribution in [-0.2, 0) is 29.7 Å². The molecule has 0 aliphatic rings. The molecule has 1 aromatic heterocycles. The van der Waals surface area contributed by atoms with Gasteiger partial charge >= 0.3 is 0 Å². The van der Waals surface area contributed by atoms with Crippen LogP contribution in [0.1, 0.15) is 31.5 Å². The fourth-order valence-electron chi connectivity index (χ4n) is 3.59. The molecular formula is C27H33N3O3. The standard InChI is InChI=1S/C27H33N3O3/c1-4-22(2)30(27(32)21-33-25-15-9-6-10-16-25)20-26(31)29(18-23-12-7-5-8-13-23)19-24-14-11-17-28(24)3/h5-17,22H,4,18-21H2,1-3H3. The van der Waals surface area contributed by atoms with Crippen LogP contribution in [-0.4, -0.2) is 45.4 Å². The zero-order valence-corrected chi connectivity index (χ0v) is 19.7. The highest BCUT2D eigenvalue weighted by molar-refractivity contribution is 5.85. The molecule has 0 saturated carbocycles. The Morgan fingerprint density at radius 3 is 2.18 bits per heavy atom. The predicted molar refractivity (Wildman–Crippen MR) is 130 cm³/mol. The maximum atomic E-state index is 13.5. The van der Waals surface area contributed by atoms with Crippen LogP contribution >= 0.6 is 0 Å². The summed E-state index contributed by atoms with van der Waals surface area (Å²) >= 11 is 0. The minimum Gasteiger partial charge on any atom is -0.484 e. The van der Waals surface area contributed by atoms with Gasteiger partial charge in [0.1, 0.15) is 12.3 Å². The van der Waals surface area contributed by atoms with Crippen molar-refractivity contribution >= 4 is 11.8 Å². The number of hydrogen-bond acceptors (Lipinski definition) is 3. The Hall–Kier alpha value is -3.54. The Kier molecular flexibility index (Phi) is 8.70. The number of carbonyl (C=O) groups excluding carboxylic acids is 2. The number of rotatable bonds is 11. The lowest BCUT2D eigenvalue weighted by Crippen LogP contribution is -2.47. The van der Waals surface area contributed by atoms with Gasteiger partial charge in [0, 0.05) is 31.5 Å². The highest BCUT2D eigenvalue weighted by Crippen LogP contribution is 2.14. The van der Waals surface area contributed by atoms with Crippen molar-refractivity contribution in [2.24, 2.45) is 7.05 Å². The van der Waals surface area contributed by atoms with Crippen molar-refractivity contribution in [3.63, 3.8) is 0 Å². The topological polar surface area (TPSA) is 54.8 Å². The second kappa shape index (κ2) is 11.9. The lowest BCUT2D eigenvalue weighted by molar-refractivity contribution is -0.144. The first-order chi connectivity index (χ1) is 16.0. The summed E-state index contributed by atoms with van der Waals surface area (Å²) < 4.78 is 7.67. The lowest BCUT2D eigenvalue weighted by atomic mass is 10.2. The maximum absolute atomic E-state index is 13.5. The first-order valence-corrected chi connectivity index (χ1v) is 11.4. The van der Waals surface area contributed by atoms with Crippen molar-refractivity contribution in [1.82, 2.24) is 14.4 Å². The van der Waals surface area contributed by atoms with E-state index in [2.05, 4.69) is 0 Å². The predicted octanol–water partition coefficient (Wildman–Crippen LogP) is 4.26. The van der Waals surface area contributed by atoms with Gasteiger partial charge in [-0.1, -0.05) is 55.5 Å². The average Bonchev–Trinajstić information content (AvgIpc) is 3.25. The Labute approximate surface area is 196 Å². The van der Waals surface area contributed by atoms with Crippen molar-refractivity contribution in [3.8, 4) is 5.75 Å². The molecule has 174 valence electrons. The fourth-order valence-corrected chi connectivity index (χ4v) is 3.59. The minimum atomic E-state index is -0.194. The molecule has 6 nitrogen and oxygen atoms in total. The molecule has 1 heterocycles. The van der Waals surface area contributed by atoms with Crippen LogP contribution in [0.25, 0.3) is 0 Å². The molecule has 33 heavy (non-hydrogen) atoms. The second-order valence-electron chi connectivity index (χ2n) is 8.23. The monoisotopic (exact) mass is 447 g/mol. The highest BCUT2D eigenvalue weighted by Gasteiger charge is 2.25. The van der Waals surface area contributed by atoms with E-state index in [1.54, 1.807) is 4.90 Å². The zero-order valence-electron chi connectivity index (χ0n) is 19.7. The summed E-state index contributed by atoms with van der Waals surface area (Å²) in [7, 11) is 1.97. The fraction of sp³-hybridized carbons (Fsp3) is 0.333. The quantitative estimate of drug-likeness (QED) is 0.441. The molecule has 0 spiro atoms. The summed E-state index contributed by atoms with van der Waals surface area (Å²) in [6.07, 6.45) is 2.72. The number of aromatic nitrogens is 1. The zero-order chi connectivity index (χ0) is 23.6. The molecule has 2 aromatic carbocycles. The number of para-hydroxylation sites is 1. The molecule has 0 N–H and O–H groups in total.